The lowest BCUT2D eigenvalue weighted by molar-refractivity contribution is 0.268. The Kier molecular flexibility index (Phi) is 3.48. The zero-order valence-electron chi connectivity index (χ0n) is 11.5. The lowest BCUT2D eigenvalue weighted by Gasteiger charge is -2.32. The highest BCUT2D eigenvalue weighted by Crippen LogP contribution is 2.26. The van der Waals surface area contributed by atoms with Gasteiger partial charge >= 0.3 is 0 Å². The summed E-state index contributed by atoms with van der Waals surface area (Å²) < 4.78 is 27.1. The smallest absolute Gasteiger partial charge is 0.243 e. The Morgan fingerprint density at radius 1 is 1.25 bits per heavy atom. The molecule has 1 aromatic heterocycles. The molecular formula is C15H18N2O2S. The van der Waals surface area contributed by atoms with Crippen LogP contribution in [0.3, 0.4) is 0 Å². The van der Waals surface area contributed by atoms with E-state index in [1.165, 1.54) is 0 Å². The standard InChI is InChI=1S/C15H18N2O2S/c1-12-5-2-3-10-17(12)20(18,19)14-7-8-15-13(11-14)6-4-9-16-15/h4,6-9,11-12H,2-3,5,10H2,1H3. The third-order valence-corrected chi connectivity index (χ3v) is 5.93. The molecule has 0 radical (unpaired) electrons. The first-order valence-electron chi connectivity index (χ1n) is 6.96. The molecule has 0 saturated carbocycles. The van der Waals surface area contributed by atoms with E-state index in [0.29, 0.717) is 11.4 Å². The Hall–Kier alpha value is -1.46. The van der Waals surface area contributed by atoms with Crippen LogP contribution in [-0.4, -0.2) is 30.3 Å². The molecule has 1 unspecified atom stereocenters. The van der Waals surface area contributed by atoms with Crippen molar-refractivity contribution in [1.82, 2.24) is 9.29 Å². The summed E-state index contributed by atoms with van der Waals surface area (Å²) in [5.41, 5.74) is 0.818. The second-order valence-corrected chi connectivity index (χ2v) is 7.21. The number of aromatic nitrogens is 1. The summed E-state index contributed by atoms with van der Waals surface area (Å²) in [5.74, 6) is 0. The number of benzene rings is 1. The molecule has 0 spiro atoms. The van der Waals surface area contributed by atoms with Gasteiger partial charge in [-0.2, -0.15) is 4.31 Å². The van der Waals surface area contributed by atoms with E-state index in [2.05, 4.69) is 4.98 Å². The summed E-state index contributed by atoms with van der Waals surface area (Å²) in [6.07, 6.45) is 4.70. The van der Waals surface area contributed by atoms with E-state index >= 15 is 0 Å². The van der Waals surface area contributed by atoms with E-state index in [-0.39, 0.29) is 6.04 Å². The monoisotopic (exact) mass is 290 g/mol. The molecule has 2 aromatic rings. The molecule has 0 bridgehead atoms. The number of nitrogens with zero attached hydrogens (tertiary/aromatic N) is 2. The molecule has 20 heavy (non-hydrogen) atoms. The maximum atomic E-state index is 12.7. The third kappa shape index (κ3) is 2.31. The van der Waals surface area contributed by atoms with Crippen LogP contribution in [0.1, 0.15) is 26.2 Å². The normalized spacial score (nSPS) is 21.1. The summed E-state index contributed by atoms with van der Waals surface area (Å²) in [5, 5.41) is 0.859. The van der Waals surface area contributed by atoms with Crippen LogP contribution >= 0.6 is 0 Å². The quantitative estimate of drug-likeness (QED) is 0.854. The van der Waals surface area contributed by atoms with Crippen molar-refractivity contribution in [1.29, 1.82) is 0 Å². The molecule has 0 N–H and O–H groups in total. The van der Waals surface area contributed by atoms with Gasteiger partial charge in [0.25, 0.3) is 0 Å². The van der Waals surface area contributed by atoms with Crippen LogP contribution in [0.4, 0.5) is 0 Å². The number of sulfonamides is 1. The van der Waals surface area contributed by atoms with Crippen molar-refractivity contribution in [3.8, 4) is 0 Å². The topological polar surface area (TPSA) is 50.3 Å². The van der Waals surface area contributed by atoms with Gasteiger partial charge in [-0.1, -0.05) is 12.5 Å². The summed E-state index contributed by atoms with van der Waals surface area (Å²) in [6.45, 7) is 2.61. The molecule has 0 aliphatic carbocycles. The molecule has 1 saturated heterocycles. The Labute approximate surface area is 119 Å². The average Bonchev–Trinajstić information content (AvgIpc) is 2.47. The van der Waals surface area contributed by atoms with Gasteiger partial charge < -0.3 is 0 Å². The molecule has 1 aliphatic rings. The summed E-state index contributed by atoms with van der Waals surface area (Å²) in [7, 11) is -3.40. The fourth-order valence-corrected chi connectivity index (χ4v) is 4.51. The molecule has 106 valence electrons. The van der Waals surface area contributed by atoms with E-state index in [0.717, 1.165) is 30.2 Å². The minimum Gasteiger partial charge on any atom is -0.256 e. The number of fused-ring (bicyclic) bond motifs is 1. The predicted octanol–water partition coefficient (Wildman–Crippen LogP) is 2.80. The van der Waals surface area contributed by atoms with E-state index in [1.807, 2.05) is 19.1 Å². The van der Waals surface area contributed by atoms with Crippen molar-refractivity contribution in [3.63, 3.8) is 0 Å². The molecule has 1 aromatic carbocycles. The second kappa shape index (κ2) is 5.14. The number of pyridine rings is 1. The first kappa shape index (κ1) is 13.5. The van der Waals surface area contributed by atoms with Crippen LogP contribution in [0.15, 0.2) is 41.4 Å². The van der Waals surface area contributed by atoms with Crippen molar-refractivity contribution >= 4 is 20.9 Å². The fraction of sp³-hybridized carbons (Fsp3) is 0.400. The SMILES string of the molecule is CC1CCCCN1S(=O)(=O)c1ccc2ncccc2c1. The molecule has 5 heteroatoms. The first-order chi connectivity index (χ1) is 9.59. The Bertz CT molecular complexity index is 727. The van der Waals surface area contributed by atoms with Crippen molar-refractivity contribution in [3.05, 3.63) is 36.5 Å². The van der Waals surface area contributed by atoms with Gasteiger partial charge in [-0.05, 0) is 44.0 Å². The van der Waals surface area contributed by atoms with Crippen LogP contribution in [0.25, 0.3) is 10.9 Å². The van der Waals surface area contributed by atoms with Gasteiger partial charge in [-0.15, -0.1) is 0 Å². The summed E-state index contributed by atoms with van der Waals surface area (Å²) >= 11 is 0. The van der Waals surface area contributed by atoms with Crippen LogP contribution in [-0.2, 0) is 10.0 Å². The molecule has 3 rings (SSSR count). The molecule has 1 atom stereocenters. The maximum absolute atomic E-state index is 12.7. The molecule has 0 amide bonds. The van der Waals surface area contributed by atoms with E-state index in [4.69, 9.17) is 0 Å². The van der Waals surface area contributed by atoms with Crippen molar-refractivity contribution in [2.75, 3.05) is 6.54 Å². The van der Waals surface area contributed by atoms with Gasteiger partial charge in [0.2, 0.25) is 10.0 Å². The number of piperidine rings is 1. The second-order valence-electron chi connectivity index (χ2n) is 5.32. The van der Waals surface area contributed by atoms with Gasteiger partial charge in [0.1, 0.15) is 0 Å². The lowest BCUT2D eigenvalue weighted by atomic mass is 10.1. The Balaban J connectivity index is 2.04. The van der Waals surface area contributed by atoms with Gasteiger partial charge in [0, 0.05) is 24.2 Å². The maximum Gasteiger partial charge on any atom is 0.243 e. The zero-order valence-corrected chi connectivity index (χ0v) is 12.3. The summed E-state index contributed by atoms with van der Waals surface area (Å²) in [4.78, 5) is 4.59. The average molecular weight is 290 g/mol. The highest BCUT2D eigenvalue weighted by atomic mass is 32.2. The molecule has 1 aliphatic heterocycles. The minimum atomic E-state index is -3.40. The molecule has 1 fully saturated rings. The Morgan fingerprint density at radius 3 is 2.90 bits per heavy atom. The fourth-order valence-electron chi connectivity index (χ4n) is 2.78. The highest BCUT2D eigenvalue weighted by Gasteiger charge is 2.30. The van der Waals surface area contributed by atoms with E-state index < -0.39 is 10.0 Å². The third-order valence-electron chi connectivity index (χ3n) is 3.92. The molecular weight excluding hydrogens is 272 g/mol. The van der Waals surface area contributed by atoms with Gasteiger partial charge in [0.05, 0.1) is 10.4 Å². The van der Waals surface area contributed by atoms with Crippen LogP contribution in [0, 0.1) is 0 Å². The molecule has 2 heterocycles. The minimum absolute atomic E-state index is 0.0818. The lowest BCUT2D eigenvalue weighted by Crippen LogP contribution is -2.41. The summed E-state index contributed by atoms with van der Waals surface area (Å²) in [6, 6.07) is 8.95. The van der Waals surface area contributed by atoms with Gasteiger partial charge in [-0.3, -0.25) is 4.98 Å². The van der Waals surface area contributed by atoms with Crippen LogP contribution in [0.2, 0.25) is 0 Å². The number of rotatable bonds is 2. The largest absolute Gasteiger partial charge is 0.256 e. The Morgan fingerprint density at radius 2 is 2.10 bits per heavy atom. The van der Waals surface area contributed by atoms with E-state index in [9.17, 15) is 8.42 Å². The predicted molar refractivity (Wildman–Crippen MR) is 78.9 cm³/mol. The van der Waals surface area contributed by atoms with Crippen molar-refractivity contribution in [2.24, 2.45) is 0 Å². The van der Waals surface area contributed by atoms with Crippen LogP contribution in [0.5, 0.6) is 0 Å². The van der Waals surface area contributed by atoms with Crippen molar-refractivity contribution < 1.29 is 8.42 Å². The van der Waals surface area contributed by atoms with E-state index in [1.54, 1.807) is 28.7 Å². The zero-order chi connectivity index (χ0) is 14.2. The number of hydrogen-bond donors (Lipinski definition) is 0. The van der Waals surface area contributed by atoms with Gasteiger partial charge in [-0.25, -0.2) is 8.42 Å². The number of hydrogen-bond acceptors (Lipinski definition) is 3. The first-order valence-corrected chi connectivity index (χ1v) is 8.40. The highest BCUT2D eigenvalue weighted by molar-refractivity contribution is 7.89. The van der Waals surface area contributed by atoms with Crippen molar-refractivity contribution in [2.45, 2.75) is 37.1 Å². The van der Waals surface area contributed by atoms with Gasteiger partial charge in [0.15, 0.2) is 0 Å². The van der Waals surface area contributed by atoms with Crippen LogP contribution < -0.4 is 0 Å². The molecule has 4 nitrogen and oxygen atoms in total.